The zero-order chi connectivity index (χ0) is 12.5. The van der Waals surface area contributed by atoms with Crippen LogP contribution < -0.4 is 0 Å². The van der Waals surface area contributed by atoms with Crippen LogP contribution in [0.15, 0.2) is 22.7 Å². The normalized spacial score (nSPS) is 28.3. The summed E-state index contributed by atoms with van der Waals surface area (Å²) in [6.45, 7) is 2.39. The quantitative estimate of drug-likeness (QED) is 0.830. The molecule has 1 heterocycles. The standard InChI is InChI=1S/C14H17BrFNO/c15-11-5-4-10(12(16)8-11)9-17-6-7-18-14-3-1-2-13(14)17/h4-5,8,13-14H,1-3,6-7,9H2. The van der Waals surface area contributed by atoms with Crippen molar-refractivity contribution in [2.24, 2.45) is 0 Å². The lowest BCUT2D eigenvalue weighted by Gasteiger charge is -2.37. The highest BCUT2D eigenvalue weighted by Crippen LogP contribution is 2.31. The monoisotopic (exact) mass is 313 g/mol. The molecule has 0 spiro atoms. The number of hydrogen-bond donors (Lipinski definition) is 0. The first-order valence-electron chi connectivity index (χ1n) is 6.53. The van der Waals surface area contributed by atoms with Gasteiger partial charge in [-0.2, -0.15) is 0 Å². The molecular formula is C14H17BrFNO. The molecule has 0 bridgehead atoms. The third kappa shape index (κ3) is 2.46. The fraction of sp³-hybridized carbons (Fsp3) is 0.571. The van der Waals surface area contributed by atoms with E-state index >= 15 is 0 Å². The van der Waals surface area contributed by atoms with E-state index in [9.17, 15) is 4.39 Å². The molecule has 2 unspecified atom stereocenters. The van der Waals surface area contributed by atoms with Crippen molar-refractivity contribution in [2.75, 3.05) is 13.2 Å². The van der Waals surface area contributed by atoms with Gasteiger partial charge in [-0.1, -0.05) is 22.0 Å². The van der Waals surface area contributed by atoms with Crippen LogP contribution in [0.3, 0.4) is 0 Å². The maximum Gasteiger partial charge on any atom is 0.128 e. The van der Waals surface area contributed by atoms with Crippen molar-refractivity contribution in [1.29, 1.82) is 0 Å². The Hall–Kier alpha value is -0.450. The summed E-state index contributed by atoms with van der Waals surface area (Å²) in [6.07, 6.45) is 3.94. The lowest BCUT2D eigenvalue weighted by molar-refractivity contribution is -0.0591. The Balaban J connectivity index is 1.75. The van der Waals surface area contributed by atoms with Crippen molar-refractivity contribution in [1.82, 2.24) is 4.90 Å². The van der Waals surface area contributed by atoms with E-state index in [0.717, 1.165) is 29.6 Å². The number of morpholine rings is 1. The summed E-state index contributed by atoms with van der Waals surface area (Å²) in [7, 11) is 0. The van der Waals surface area contributed by atoms with Crippen LogP contribution in [0.4, 0.5) is 4.39 Å². The summed E-state index contributed by atoms with van der Waals surface area (Å²) in [4.78, 5) is 2.38. The minimum absolute atomic E-state index is 0.120. The highest BCUT2D eigenvalue weighted by Gasteiger charge is 2.36. The molecule has 1 aliphatic heterocycles. The number of nitrogens with zero attached hydrogens (tertiary/aromatic N) is 1. The Morgan fingerprint density at radius 3 is 3.11 bits per heavy atom. The van der Waals surface area contributed by atoms with Crippen LogP contribution in [-0.4, -0.2) is 30.2 Å². The second-order valence-electron chi connectivity index (χ2n) is 5.11. The minimum Gasteiger partial charge on any atom is -0.375 e. The molecule has 2 atom stereocenters. The van der Waals surface area contributed by atoms with E-state index in [1.165, 1.54) is 12.8 Å². The molecule has 0 aromatic heterocycles. The first kappa shape index (κ1) is 12.6. The Labute approximate surface area is 115 Å². The van der Waals surface area contributed by atoms with Crippen molar-refractivity contribution in [2.45, 2.75) is 38.0 Å². The minimum atomic E-state index is -0.120. The van der Waals surface area contributed by atoms with Gasteiger partial charge in [0, 0.05) is 29.2 Å². The highest BCUT2D eigenvalue weighted by molar-refractivity contribution is 9.10. The first-order valence-corrected chi connectivity index (χ1v) is 7.33. The smallest absolute Gasteiger partial charge is 0.128 e. The van der Waals surface area contributed by atoms with E-state index in [1.54, 1.807) is 6.07 Å². The molecule has 3 rings (SSSR count). The van der Waals surface area contributed by atoms with Gasteiger partial charge in [0.05, 0.1) is 12.7 Å². The van der Waals surface area contributed by atoms with Gasteiger partial charge in [0.1, 0.15) is 5.82 Å². The molecular weight excluding hydrogens is 297 g/mol. The number of benzene rings is 1. The van der Waals surface area contributed by atoms with Crippen LogP contribution in [0, 0.1) is 5.82 Å². The molecule has 1 aromatic carbocycles. The van der Waals surface area contributed by atoms with E-state index in [-0.39, 0.29) is 5.82 Å². The van der Waals surface area contributed by atoms with E-state index in [1.807, 2.05) is 12.1 Å². The summed E-state index contributed by atoms with van der Waals surface area (Å²) in [6, 6.07) is 5.81. The Kier molecular flexibility index (Phi) is 3.68. The maximum absolute atomic E-state index is 13.9. The first-order chi connectivity index (χ1) is 8.74. The van der Waals surface area contributed by atoms with Crippen LogP contribution in [0.1, 0.15) is 24.8 Å². The number of rotatable bonds is 2. The molecule has 1 saturated heterocycles. The maximum atomic E-state index is 13.9. The molecule has 2 aliphatic rings. The predicted octanol–water partition coefficient (Wildman–Crippen LogP) is 3.34. The van der Waals surface area contributed by atoms with Crippen LogP contribution in [0.25, 0.3) is 0 Å². The van der Waals surface area contributed by atoms with Crippen molar-refractivity contribution < 1.29 is 9.13 Å². The van der Waals surface area contributed by atoms with Crippen LogP contribution >= 0.6 is 15.9 Å². The second-order valence-corrected chi connectivity index (χ2v) is 6.03. The lowest BCUT2D eigenvalue weighted by atomic mass is 10.1. The molecule has 0 N–H and O–H groups in total. The second kappa shape index (κ2) is 5.27. The Bertz CT molecular complexity index is 440. The van der Waals surface area contributed by atoms with Gasteiger partial charge >= 0.3 is 0 Å². The van der Waals surface area contributed by atoms with Crippen LogP contribution in [-0.2, 0) is 11.3 Å². The number of hydrogen-bond acceptors (Lipinski definition) is 2. The fourth-order valence-electron chi connectivity index (χ4n) is 3.07. The predicted molar refractivity (Wildman–Crippen MR) is 71.9 cm³/mol. The fourth-order valence-corrected chi connectivity index (χ4v) is 3.40. The summed E-state index contributed by atoms with van der Waals surface area (Å²) in [5.74, 6) is -0.120. The van der Waals surface area contributed by atoms with Crippen molar-refractivity contribution in [3.8, 4) is 0 Å². The van der Waals surface area contributed by atoms with E-state index < -0.39 is 0 Å². The third-order valence-electron chi connectivity index (χ3n) is 3.99. The van der Waals surface area contributed by atoms with Gasteiger partial charge in [-0.3, -0.25) is 4.90 Å². The third-order valence-corrected chi connectivity index (χ3v) is 4.48. The molecule has 1 aliphatic carbocycles. The number of fused-ring (bicyclic) bond motifs is 1. The van der Waals surface area contributed by atoms with Crippen molar-refractivity contribution >= 4 is 15.9 Å². The summed E-state index contributed by atoms with van der Waals surface area (Å²) in [5, 5.41) is 0. The van der Waals surface area contributed by atoms with E-state index in [2.05, 4.69) is 20.8 Å². The molecule has 2 fully saturated rings. The Morgan fingerprint density at radius 2 is 2.28 bits per heavy atom. The average molecular weight is 314 g/mol. The Morgan fingerprint density at radius 1 is 1.39 bits per heavy atom. The van der Waals surface area contributed by atoms with Gasteiger partial charge in [-0.15, -0.1) is 0 Å². The van der Waals surface area contributed by atoms with Gasteiger partial charge in [0.15, 0.2) is 0 Å². The average Bonchev–Trinajstić information content (AvgIpc) is 2.82. The zero-order valence-corrected chi connectivity index (χ0v) is 11.8. The zero-order valence-electron chi connectivity index (χ0n) is 10.2. The van der Waals surface area contributed by atoms with Gasteiger partial charge in [0.2, 0.25) is 0 Å². The lowest BCUT2D eigenvalue weighted by Crippen LogP contribution is -2.47. The molecule has 4 heteroatoms. The molecule has 98 valence electrons. The number of halogens is 2. The number of ether oxygens (including phenoxy) is 1. The van der Waals surface area contributed by atoms with Gasteiger partial charge in [0.25, 0.3) is 0 Å². The van der Waals surface area contributed by atoms with Crippen LogP contribution in [0.5, 0.6) is 0 Å². The summed E-state index contributed by atoms with van der Waals surface area (Å²) < 4.78 is 20.4. The topological polar surface area (TPSA) is 12.5 Å². The van der Waals surface area contributed by atoms with Crippen molar-refractivity contribution in [3.63, 3.8) is 0 Å². The van der Waals surface area contributed by atoms with Gasteiger partial charge in [-0.25, -0.2) is 4.39 Å². The van der Waals surface area contributed by atoms with Crippen LogP contribution in [0.2, 0.25) is 0 Å². The summed E-state index contributed by atoms with van der Waals surface area (Å²) >= 11 is 3.29. The SMILES string of the molecule is Fc1cc(Br)ccc1CN1CCOC2CCCC21. The molecule has 1 saturated carbocycles. The molecule has 0 amide bonds. The van der Waals surface area contributed by atoms with E-state index in [4.69, 9.17) is 4.74 Å². The van der Waals surface area contributed by atoms with Gasteiger partial charge in [-0.05, 0) is 31.4 Å². The molecule has 1 aromatic rings. The van der Waals surface area contributed by atoms with Gasteiger partial charge < -0.3 is 4.74 Å². The molecule has 0 radical (unpaired) electrons. The molecule has 18 heavy (non-hydrogen) atoms. The largest absolute Gasteiger partial charge is 0.375 e. The summed E-state index contributed by atoms with van der Waals surface area (Å²) in [5.41, 5.74) is 0.783. The van der Waals surface area contributed by atoms with Crippen molar-refractivity contribution in [3.05, 3.63) is 34.1 Å². The highest BCUT2D eigenvalue weighted by atomic mass is 79.9. The molecule has 2 nitrogen and oxygen atoms in total. The van der Waals surface area contributed by atoms with E-state index in [0.29, 0.717) is 18.7 Å².